The molecule has 0 aliphatic carbocycles. The van der Waals surface area contributed by atoms with E-state index in [4.69, 9.17) is 11.6 Å². The van der Waals surface area contributed by atoms with Crippen LogP contribution >= 0.6 is 11.6 Å². The number of carbonyl (C=O) groups is 1. The average Bonchev–Trinajstić information content (AvgIpc) is 2.37. The van der Waals surface area contributed by atoms with Gasteiger partial charge in [-0.3, -0.25) is 9.59 Å². The van der Waals surface area contributed by atoms with E-state index in [0.717, 1.165) is 5.56 Å². The Morgan fingerprint density at radius 1 is 1.42 bits per heavy atom. The molecule has 0 unspecified atom stereocenters. The van der Waals surface area contributed by atoms with Crippen LogP contribution in [0.4, 0.5) is 0 Å². The molecule has 2 N–H and O–H groups in total. The Bertz CT molecular complexity index is 667. The number of hydrogen-bond donors (Lipinski definition) is 2. The second-order valence-electron chi connectivity index (χ2n) is 3.99. The molecule has 6 heteroatoms. The van der Waals surface area contributed by atoms with Crippen molar-refractivity contribution in [2.45, 2.75) is 13.5 Å². The van der Waals surface area contributed by atoms with Crippen molar-refractivity contribution in [1.82, 2.24) is 15.3 Å². The second kappa shape index (κ2) is 5.67. The van der Waals surface area contributed by atoms with Crippen molar-refractivity contribution in [3.05, 3.63) is 62.8 Å². The molecule has 0 bridgehead atoms. The first-order valence-corrected chi connectivity index (χ1v) is 6.03. The van der Waals surface area contributed by atoms with Crippen LogP contribution in [0.5, 0.6) is 0 Å². The summed E-state index contributed by atoms with van der Waals surface area (Å²) in [4.78, 5) is 29.8. The van der Waals surface area contributed by atoms with Gasteiger partial charge in [0.25, 0.3) is 11.5 Å². The van der Waals surface area contributed by atoms with E-state index in [1.165, 1.54) is 6.20 Å². The molecule has 0 radical (unpaired) electrons. The van der Waals surface area contributed by atoms with E-state index in [0.29, 0.717) is 10.8 Å². The van der Waals surface area contributed by atoms with Crippen molar-refractivity contribution in [3.63, 3.8) is 0 Å². The lowest BCUT2D eigenvalue weighted by Gasteiger charge is -2.06. The summed E-state index contributed by atoms with van der Waals surface area (Å²) in [7, 11) is 0. The number of aromatic nitrogens is 2. The molecule has 0 saturated carbocycles. The van der Waals surface area contributed by atoms with E-state index in [1.54, 1.807) is 19.1 Å². The van der Waals surface area contributed by atoms with Gasteiger partial charge >= 0.3 is 0 Å². The van der Waals surface area contributed by atoms with E-state index in [9.17, 15) is 9.59 Å². The molecule has 0 fully saturated rings. The molecular weight excluding hydrogens is 266 g/mol. The number of H-pyrrole nitrogens is 1. The number of benzene rings is 1. The fourth-order valence-electron chi connectivity index (χ4n) is 1.56. The minimum atomic E-state index is -0.478. The second-order valence-corrected chi connectivity index (χ2v) is 4.39. The number of rotatable bonds is 3. The minimum absolute atomic E-state index is 0.0161. The maximum atomic E-state index is 11.8. The summed E-state index contributed by atoms with van der Waals surface area (Å²) in [5, 5.41) is 3.20. The van der Waals surface area contributed by atoms with Gasteiger partial charge in [-0.1, -0.05) is 29.8 Å². The first-order valence-electron chi connectivity index (χ1n) is 5.65. The van der Waals surface area contributed by atoms with E-state index in [-0.39, 0.29) is 12.1 Å². The van der Waals surface area contributed by atoms with E-state index < -0.39 is 11.5 Å². The summed E-state index contributed by atoms with van der Waals surface area (Å²) in [6, 6.07) is 7.18. The smallest absolute Gasteiger partial charge is 0.263 e. The van der Waals surface area contributed by atoms with Crippen molar-refractivity contribution < 1.29 is 4.79 Å². The fraction of sp³-hybridized carbons (Fsp3) is 0.154. The highest BCUT2D eigenvalue weighted by atomic mass is 35.5. The van der Waals surface area contributed by atoms with Crippen LogP contribution in [0.15, 0.2) is 35.3 Å². The Morgan fingerprint density at radius 2 is 2.16 bits per heavy atom. The Labute approximate surface area is 114 Å². The number of halogens is 1. The molecular formula is C13H12ClN3O2. The van der Waals surface area contributed by atoms with Crippen molar-refractivity contribution in [2.75, 3.05) is 0 Å². The molecule has 5 nitrogen and oxygen atoms in total. The topological polar surface area (TPSA) is 74.8 Å². The summed E-state index contributed by atoms with van der Waals surface area (Å²) in [6.45, 7) is 1.90. The number of aryl methyl sites for hydroxylation is 1. The van der Waals surface area contributed by atoms with Crippen LogP contribution in [0.2, 0.25) is 5.02 Å². The third-order valence-electron chi connectivity index (χ3n) is 2.57. The molecule has 1 amide bonds. The van der Waals surface area contributed by atoms with Crippen molar-refractivity contribution >= 4 is 17.5 Å². The van der Waals surface area contributed by atoms with Gasteiger partial charge in [0.1, 0.15) is 11.4 Å². The normalized spacial score (nSPS) is 10.2. The lowest BCUT2D eigenvalue weighted by atomic mass is 10.2. The van der Waals surface area contributed by atoms with Gasteiger partial charge in [0.15, 0.2) is 0 Å². The van der Waals surface area contributed by atoms with Crippen LogP contribution in [-0.2, 0) is 6.54 Å². The summed E-state index contributed by atoms with van der Waals surface area (Å²) in [5.74, 6) is -0.0127. The Kier molecular flexibility index (Phi) is 3.97. The van der Waals surface area contributed by atoms with Gasteiger partial charge in [-0.05, 0) is 18.6 Å². The van der Waals surface area contributed by atoms with Gasteiger partial charge in [-0.25, -0.2) is 4.98 Å². The zero-order chi connectivity index (χ0) is 13.8. The third kappa shape index (κ3) is 3.20. The maximum Gasteiger partial charge on any atom is 0.263 e. The van der Waals surface area contributed by atoms with Crippen LogP contribution in [0.25, 0.3) is 0 Å². The Morgan fingerprint density at radius 3 is 2.84 bits per heavy atom. The zero-order valence-electron chi connectivity index (χ0n) is 10.2. The average molecular weight is 278 g/mol. The summed E-state index contributed by atoms with van der Waals surface area (Å²) in [6.07, 6.45) is 1.26. The standard InChI is InChI=1S/C13H12ClN3O2/c1-8-15-7-10(13(19)17-8)12(18)16-6-9-4-2-3-5-11(9)14/h2-5,7H,6H2,1H3,(H,16,18)(H,15,17,19). The monoisotopic (exact) mass is 277 g/mol. The number of nitrogens with one attached hydrogen (secondary N) is 2. The number of hydrogen-bond acceptors (Lipinski definition) is 3. The van der Waals surface area contributed by atoms with Crippen LogP contribution in [0.3, 0.4) is 0 Å². The summed E-state index contributed by atoms with van der Waals surface area (Å²) in [5.41, 5.74) is 0.316. The van der Waals surface area contributed by atoms with E-state index in [2.05, 4.69) is 15.3 Å². The molecule has 19 heavy (non-hydrogen) atoms. The Hall–Kier alpha value is -2.14. The van der Waals surface area contributed by atoms with Crippen molar-refractivity contribution in [1.29, 1.82) is 0 Å². The number of carbonyl (C=O) groups excluding carboxylic acids is 1. The zero-order valence-corrected chi connectivity index (χ0v) is 11.0. The van der Waals surface area contributed by atoms with Crippen LogP contribution in [0.1, 0.15) is 21.7 Å². The lowest BCUT2D eigenvalue weighted by Crippen LogP contribution is -2.29. The van der Waals surface area contributed by atoms with Gasteiger partial charge in [-0.2, -0.15) is 0 Å². The molecule has 0 aliphatic rings. The predicted molar refractivity (Wildman–Crippen MR) is 72.2 cm³/mol. The first-order chi connectivity index (χ1) is 9.08. The lowest BCUT2D eigenvalue weighted by molar-refractivity contribution is 0.0949. The molecule has 1 aromatic heterocycles. The summed E-state index contributed by atoms with van der Waals surface area (Å²) < 4.78 is 0. The van der Waals surface area contributed by atoms with Gasteiger partial charge in [-0.15, -0.1) is 0 Å². The highest BCUT2D eigenvalue weighted by Crippen LogP contribution is 2.14. The molecule has 98 valence electrons. The maximum absolute atomic E-state index is 11.8. The van der Waals surface area contributed by atoms with Crippen LogP contribution in [-0.4, -0.2) is 15.9 Å². The van der Waals surface area contributed by atoms with Gasteiger partial charge in [0.05, 0.1) is 0 Å². The highest BCUT2D eigenvalue weighted by Gasteiger charge is 2.11. The van der Waals surface area contributed by atoms with Crippen molar-refractivity contribution in [2.24, 2.45) is 0 Å². The number of aromatic amines is 1. The van der Waals surface area contributed by atoms with Gasteiger partial charge in [0.2, 0.25) is 0 Å². The number of amides is 1. The first kappa shape index (κ1) is 13.3. The quantitative estimate of drug-likeness (QED) is 0.896. The van der Waals surface area contributed by atoms with Crippen LogP contribution in [0, 0.1) is 6.92 Å². The van der Waals surface area contributed by atoms with Crippen molar-refractivity contribution in [3.8, 4) is 0 Å². The molecule has 2 aromatic rings. The molecule has 0 saturated heterocycles. The number of nitrogens with zero attached hydrogens (tertiary/aromatic N) is 1. The summed E-state index contributed by atoms with van der Waals surface area (Å²) >= 11 is 5.97. The molecule has 0 atom stereocenters. The van der Waals surface area contributed by atoms with Gasteiger partial charge in [0, 0.05) is 17.8 Å². The third-order valence-corrected chi connectivity index (χ3v) is 2.94. The largest absolute Gasteiger partial charge is 0.348 e. The molecule has 1 heterocycles. The SMILES string of the molecule is Cc1ncc(C(=O)NCc2ccccc2Cl)c(=O)[nH]1. The van der Waals surface area contributed by atoms with Gasteiger partial charge < -0.3 is 10.3 Å². The molecule has 1 aromatic carbocycles. The molecule has 0 spiro atoms. The predicted octanol–water partition coefficient (Wildman–Crippen LogP) is 1.66. The van der Waals surface area contributed by atoms with E-state index >= 15 is 0 Å². The van der Waals surface area contributed by atoms with E-state index in [1.807, 2.05) is 12.1 Å². The molecule has 0 aliphatic heterocycles. The minimum Gasteiger partial charge on any atom is -0.348 e. The molecule has 2 rings (SSSR count). The highest BCUT2D eigenvalue weighted by molar-refractivity contribution is 6.31. The van der Waals surface area contributed by atoms with Crippen LogP contribution < -0.4 is 10.9 Å². The fourth-order valence-corrected chi connectivity index (χ4v) is 1.76. The Balaban J connectivity index is 2.10.